The van der Waals surface area contributed by atoms with E-state index in [-0.39, 0.29) is 48.7 Å². The van der Waals surface area contributed by atoms with Crippen molar-refractivity contribution in [2.24, 2.45) is 0 Å². The summed E-state index contributed by atoms with van der Waals surface area (Å²) in [6.07, 6.45) is 0.864. The average molecular weight is 1050 g/mol. The second-order valence-corrected chi connectivity index (χ2v) is 19.4. The molecule has 0 spiro atoms. The van der Waals surface area contributed by atoms with E-state index in [1.165, 1.54) is 24.3 Å². The van der Waals surface area contributed by atoms with Crippen molar-refractivity contribution >= 4 is 35.2 Å². The first-order chi connectivity index (χ1) is 37.1. The van der Waals surface area contributed by atoms with Crippen molar-refractivity contribution in [1.29, 1.82) is 0 Å². The maximum atomic E-state index is 13.8. The number of anilines is 4. The van der Waals surface area contributed by atoms with E-state index in [1.54, 1.807) is 42.7 Å². The highest BCUT2D eigenvalue weighted by molar-refractivity contribution is 5.79. The van der Waals surface area contributed by atoms with Gasteiger partial charge < -0.3 is 44.9 Å². The van der Waals surface area contributed by atoms with Crippen LogP contribution in [0.15, 0.2) is 134 Å². The molecule has 1 fully saturated rings. The van der Waals surface area contributed by atoms with Crippen molar-refractivity contribution < 1.29 is 43.5 Å². The number of carboxylic acid groups (broad SMARTS) is 1. The fourth-order valence-electron chi connectivity index (χ4n) is 9.12. The van der Waals surface area contributed by atoms with Crippen LogP contribution in [-0.4, -0.2) is 95.8 Å². The van der Waals surface area contributed by atoms with Gasteiger partial charge in [0.1, 0.15) is 29.4 Å². The minimum atomic E-state index is -1.15. The molecule has 0 aliphatic carbocycles. The molecule has 1 aliphatic heterocycles. The summed E-state index contributed by atoms with van der Waals surface area (Å²) in [6, 6.07) is 35.1. The van der Waals surface area contributed by atoms with E-state index in [2.05, 4.69) is 39.0 Å². The molecule has 0 amide bonds. The number of para-hydroxylation sites is 2. The predicted molar refractivity (Wildman–Crippen MR) is 288 cm³/mol. The number of carbonyl (C=O) groups is 2. The lowest BCUT2D eigenvalue weighted by Crippen LogP contribution is -2.33. The van der Waals surface area contributed by atoms with E-state index >= 15 is 0 Å². The van der Waals surface area contributed by atoms with Crippen LogP contribution >= 0.6 is 0 Å². The molecule has 6 N–H and O–H groups in total. The van der Waals surface area contributed by atoms with Gasteiger partial charge in [-0.1, -0.05) is 64.1 Å². The summed E-state index contributed by atoms with van der Waals surface area (Å²) in [5.41, 5.74) is 7.13. The number of aliphatic hydroxyl groups excluding tert-OH is 3. The van der Waals surface area contributed by atoms with Crippen molar-refractivity contribution in [3.05, 3.63) is 157 Å². The van der Waals surface area contributed by atoms with Gasteiger partial charge >= 0.3 is 11.9 Å². The predicted octanol–water partition coefficient (Wildman–Crippen LogP) is 10.5. The highest BCUT2D eigenvalue weighted by Crippen LogP contribution is 2.37. The highest BCUT2D eigenvalue weighted by atomic mass is 19.1. The molecule has 4 atom stereocenters. The molecule has 0 saturated carbocycles. The number of halogens is 2. The van der Waals surface area contributed by atoms with Gasteiger partial charge in [0.25, 0.3) is 0 Å². The van der Waals surface area contributed by atoms with Crippen molar-refractivity contribution in [3.8, 4) is 45.3 Å². The van der Waals surface area contributed by atoms with Gasteiger partial charge in [-0.3, -0.25) is 9.59 Å². The van der Waals surface area contributed by atoms with Gasteiger partial charge in [0, 0.05) is 72.7 Å². The molecular weight excluding hydrogens is 987 g/mol. The largest absolute Gasteiger partial charge is 0.481 e. The molecule has 4 aromatic heterocycles. The molecule has 1 aliphatic rings. The number of imidazole rings is 2. The van der Waals surface area contributed by atoms with Crippen molar-refractivity contribution in [3.63, 3.8) is 0 Å². The third-order valence-electron chi connectivity index (χ3n) is 12.7. The van der Waals surface area contributed by atoms with E-state index in [9.17, 15) is 33.7 Å². The van der Waals surface area contributed by atoms with Crippen LogP contribution in [0.25, 0.3) is 45.3 Å². The van der Waals surface area contributed by atoms with Crippen LogP contribution in [0.2, 0.25) is 0 Å². The monoisotopic (exact) mass is 1050 g/mol. The number of aromatic nitrogens is 8. The van der Waals surface area contributed by atoms with Gasteiger partial charge in [0.15, 0.2) is 0 Å². The van der Waals surface area contributed by atoms with Gasteiger partial charge in [0.2, 0.25) is 11.9 Å². The van der Waals surface area contributed by atoms with Gasteiger partial charge in [-0.2, -0.15) is 0 Å². The van der Waals surface area contributed by atoms with Gasteiger partial charge in [0.05, 0.1) is 65.3 Å². The second-order valence-electron chi connectivity index (χ2n) is 19.4. The van der Waals surface area contributed by atoms with Crippen LogP contribution in [0.3, 0.4) is 0 Å². The quantitative estimate of drug-likeness (QED) is 0.0390. The van der Waals surface area contributed by atoms with Gasteiger partial charge in [-0.15, -0.1) is 0 Å². The van der Waals surface area contributed by atoms with Crippen LogP contribution < -0.4 is 10.6 Å². The van der Waals surface area contributed by atoms with Gasteiger partial charge in [-0.25, -0.2) is 38.7 Å². The standard InChI is InChI=1S/C29H32FN5O4.C29H30FN5O3/c1-18(2)28-34-26(19-8-10-20(30)11-9-19)27(35(28)15-13-22(36)16-23(37)17-25(38)39)24-12-14-31-29(33-24)32-21-6-4-3-5-7-21;1-18(2)28-34-26(19-8-10-20(30)11-9-19)27(35(28)15-13-23-16-22(36)17-25(37)38-23)24-12-14-31-29(33-24)32-21-6-4-3-5-7-21/h3-12,14,18,22-23,36-37H,13,15-17H2,1-2H3,(H,38,39)(H,31,32,33);3-12,14,18,22-23,36H,13,15-17H2,1-2H3,(H,31,32,33)/t2*22-,23-/m11/s1. The molecule has 0 bridgehead atoms. The molecule has 8 aromatic rings. The third-order valence-corrected chi connectivity index (χ3v) is 12.7. The summed E-state index contributed by atoms with van der Waals surface area (Å²) in [4.78, 5) is 51.1. The number of rotatable bonds is 20. The zero-order valence-electron chi connectivity index (χ0n) is 43.2. The van der Waals surface area contributed by atoms with Crippen LogP contribution in [-0.2, 0) is 27.4 Å². The molecule has 17 nitrogen and oxygen atoms in total. The van der Waals surface area contributed by atoms with E-state index < -0.39 is 36.8 Å². The van der Waals surface area contributed by atoms with Crippen molar-refractivity contribution in [1.82, 2.24) is 39.0 Å². The Balaban J connectivity index is 0.000000204. The molecule has 5 heterocycles. The maximum Gasteiger partial charge on any atom is 0.308 e. The summed E-state index contributed by atoms with van der Waals surface area (Å²) >= 11 is 0. The van der Waals surface area contributed by atoms with Gasteiger partial charge in [-0.05, 0) is 97.8 Å². The minimum absolute atomic E-state index is 0.0106. The molecule has 400 valence electrons. The van der Waals surface area contributed by atoms with Crippen molar-refractivity contribution in [2.45, 2.75) is 116 Å². The Bertz CT molecular complexity index is 3230. The number of nitrogens with zero attached hydrogens (tertiary/aromatic N) is 8. The number of aliphatic hydroxyl groups is 3. The first kappa shape index (κ1) is 55.0. The molecule has 0 unspecified atom stereocenters. The normalized spacial score (nSPS) is 15.1. The molecule has 4 aromatic carbocycles. The van der Waals surface area contributed by atoms with Crippen LogP contribution in [0.1, 0.15) is 89.7 Å². The molecule has 1 saturated heterocycles. The highest BCUT2D eigenvalue weighted by Gasteiger charge is 2.30. The lowest BCUT2D eigenvalue weighted by atomic mass is 10.0. The number of benzene rings is 4. The van der Waals surface area contributed by atoms with E-state index in [1.807, 2.05) is 85.1 Å². The van der Waals surface area contributed by atoms with E-state index in [4.69, 9.17) is 29.8 Å². The summed E-state index contributed by atoms with van der Waals surface area (Å²) in [5.74, 6) is 0.293. The Morgan fingerprint density at radius 1 is 0.662 bits per heavy atom. The molecule has 77 heavy (non-hydrogen) atoms. The number of nitrogens with one attached hydrogen (secondary N) is 2. The third kappa shape index (κ3) is 14.6. The lowest BCUT2D eigenvalue weighted by Gasteiger charge is -2.26. The number of carboxylic acids is 1. The molecule has 19 heteroatoms. The minimum Gasteiger partial charge on any atom is -0.481 e. The smallest absolute Gasteiger partial charge is 0.308 e. The van der Waals surface area contributed by atoms with Crippen LogP contribution in [0.5, 0.6) is 0 Å². The lowest BCUT2D eigenvalue weighted by molar-refractivity contribution is -0.160. The van der Waals surface area contributed by atoms with Crippen molar-refractivity contribution in [2.75, 3.05) is 10.6 Å². The number of carbonyl (C=O) groups excluding carboxylic acids is 1. The maximum absolute atomic E-state index is 13.8. The van der Waals surface area contributed by atoms with E-state index in [0.29, 0.717) is 71.9 Å². The SMILES string of the molecule is CC(C)c1nc(-c2ccc(F)cc2)c(-c2ccnc(Nc3ccccc3)n2)n1CC[C@@H](O)C[C@@H](O)CC(=O)O.CC(C)c1nc(-c2ccc(F)cc2)c(-c2ccnc(Nc3ccccc3)n2)n1CC[C@@H]1C[C@@H](O)CC(=O)O1. The number of ether oxygens (including phenoxy) is 1. The Morgan fingerprint density at radius 2 is 1.13 bits per heavy atom. The summed E-state index contributed by atoms with van der Waals surface area (Å²) in [5, 5.41) is 46.0. The summed E-state index contributed by atoms with van der Waals surface area (Å²) < 4.78 is 37.1. The Hall–Kier alpha value is -8.26. The van der Waals surface area contributed by atoms with Crippen LogP contribution in [0.4, 0.5) is 32.1 Å². The Kier molecular flexibility index (Phi) is 18.2. The second kappa shape index (κ2) is 25.5. The number of hydrogen-bond acceptors (Lipinski definition) is 14. The topological polar surface area (TPSA) is 236 Å². The fourth-order valence-corrected chi connectivity index (χ4v) is 9.12. The number of esters is 1. The van der Waals surface area contributed by atoms with Crippen LogP contribution in [0, 0.1) is 11.6 Å². The summed E-state index contributed by atoms with van der Waals surface area (Å²) in [7, 11) is 0. The number of aliphatic carboxylic acids is 1. The van der Waals surface area contributed by atoms with E-state index in [0.717, 1.165) is 34.3 Å². The molecular formula is C58H62F2N10O7. The zero-order chi connectivity index (χ0) is 54.6. The molecule has 9 rings (SSSR count). The Labute approximate surface area is 444 Å². The summed E-state index contributed by atoms with van der Waals surface area (Å²) in [6.45, 7) is 8.96. The molecule has 0 radical (unpaired) electrons. The first-order valence-electron chi connectivity index (χ1n) is 25.6. The first-order valence-corrected chi connectivity index (χ1v) is 25.6. The fraction of sp³-hybridized carbons (Fsp3) is 0.310. The number of cyclic esters (lactones) is 1. The average Bonchev–Trinajstić information content (AvgIpc) is 4.02. The Morgan fingerprint density at radius 3 is 1.57 bits per heavy atom. The number of hydrogen-bond donors (Lipinski definition) is 6. The zero-order valence-corrected chi connectivity index (χ0v) is 43.2.